The predicted molar refractivity (Wildman–Crippen MR) is 83.4 cm³/mol. The first kappa shape index (κ1) is 14.3. The third kappa shape index (κ3) is 2.89. The Morgan fingerprint density at radius 1 is 1.33 bits per heavy atom. The van der Waals surface area contributed by atoms with Gasteiger partial charge in [-0.1, -0.05) is 12.1 Å². The first-order valence-electron chi connectivity index (χ1n) is 6.42. The maximum absolute atomic E-state index is 6.48. The van der Waals surface area contributed by atoms with Gasteiger partial charge in [0.2, 0.25) is 0 Å². The molecule has 0 bridgehead atoms. The van der Waals surface area contributed by atoms with E-state index in [1.807, 2.05) is 0 Å². The molecule has 1 heterocycles. The van der Waals surface area contributed by atoms with E-state index in [0.29, 0.717) is 5.92 Å². The van der Waals surface area contributed by atoms with Gasteiger partial charge in [0, 0.05) is 15.5 Å². The van der Waals surface area contributed by atoms with Gasteiger partial charge in [-0.3, -0.25) is 0 Å². The lowest BCUT2D eigenvalue weighted by atomic mass is 9.79. The molecule has 0 aromatic heterocycles. The molecule has 1 aromatic rings. The summed E-state index contributed by atoms with van der Waals surface area (Å²) >= 11 is 2.33. The second-order valence-electron chi connectivity index (χ2n) is 6.36. The minimum absolute atomic E-state index is 0.0384. The maximum atomic E-state index is 6.48. The van der Waals surface area contributed by atoms with Crippen LogP contribution in [-0.4, -0.2) is 11.2 Å². The Morgan fingerprint density at radius 3 is 2.50 bits per heavy atom. The minimum atomic E-state index is -0.163. The van der Waals surface area contributed by atoms with Gasteiger partial charge >= 0.3 is 0 Å². The van der Waals surface area contributed by atoms with Crippen molar-refractivity contribution in [2.75, 3.05) is 0 Å². The van der Waals surface area contributed by atoms with Gasteiger partial charge in [0.25, 0.3) is 0 Å². The highest BCUT2D eigenvalue weighted by Gasteiger charge is 2.48. The molecule has 3 heteroatoms. The van der Waals surface area contributed by atoms with E-state index >= 15 is 0 Å². The molecule has 2 unspecified atom stereocenters. The average molecular weight is 359 g/mol. The van der Waals surface area contributed by atoms with E-state index in [1.54, 1.807) is 0 Å². The highest BCUT2D eigenvalue weighted by atomic mass is 127. The van der Waals surface area contributed by atoms with Crippen molar-refractivity contribution >= 4 is 22.6 Å². The van der Waals surface area contributed by atoms with Crippen LogP contribution >= 0.6 is 22.6 Å². The van der Waals surface area contributed by atoms with Crippen LogP contribution in [0.4, 0.5) is 0 Å². The van der Waals surface area contributed by atoms with Crippen LogP contribution in [-0.2, 0) is 4.74 Å². The zero-order valence-electron chi connectivity index (χ0n) is 11.5. The Bertz CT molecular complexity index is 442. The number of hydrogen-bond donors (Lipinski definition) is 1. The zero-order valence-corrected chi connectivity index (χ0v) is 13.7. The molecule has 2 N–H and O–H groups in total. The Hall–Kier alpha value is -0.130. The normalized spacial score (nSPS) is 27.1. The van der Waals surface area contributed by atoms with Crippen molar-refractivity contribution in [3.8, 4) is 0 Å². The van der Waals surface area contributed by atoms with E-state index in [9.17, 15) is 0 Å². The fraction of sp³-hybridized carbons (Fsp3) is 0.600. The fourth-order valence-corrected chi connectivity index (χ4v) is 3.68. The summed E-state index contributed by atoms with van der Waals surface area (Å²) in [5.74, 6) is 0.352. The van der Waals surface area contributed by atoms with Gasteiger partial charge < -0.3 is 10.5 Å². The average Bonchev–Trinajstić information content (AvgIpc) is 2.45. The van der Waals surface area contributed by atoms with Crippen LogP contribution in [0.25, 0.3) is 0 Å². The molecule has 2 atom stereocenters. The highest BCUT2D eigenvalue weighted by Crippen LogP contribution is 2.46. The summed E-state index contributed by atoms with van der Waals surface area (Å²) in [6.07, 6.45) is 1.01. The van der Waals surface area contributed by atoms with Crippen LogP contribution in [0.15, 0.2) is 24.3 Å². The van der Waals surface area contributed by atoms with Crippen LogP contribution < -0.4 is 5.73 Å². The summed E-state index contributed by atoms with van der Waals surface area (Å²) in [7, 11) is 0. The summed E-state index contributed by atoms with van der Waals surface area (Å²) in [4.78, 5) is 0. The largest absolute Gasteiger partial charge is 0.369 e. The molecule has 0 aliphatic carbocycles. The first-order valence-corrected chi connectivity index (χ1v) is 7.50. The number of hydrogen-bond acceptors (Lipinski definition) is 2. The van der Waals surface area contributed by atoms with Crippen molar-refractivity contribution in [3.05, 3.63) is 33.4 Å². The highest BCUT2D eigenvalue weighted by molar-refractivity contribution is 14.1. The second-order valence-corrected chi connectivity index (χ2v) is 7.60. The van der Waals surface area contributed by atoms with E-state index < -0.39 is 0 Å². The molecule has 0 amide bonds. The topological polar surface area (TPSA) is 35.2 Å². The van der Waals surface area contributed by atoms with E-state index in [4.69, 9.17) is 10.5 Å². The molecule has 1 aliphatic rings. The quantitative estimate of drug-likeness (QED) is 0.814. The van der Waals surface area contributed by atoms with E-state index in [-0.39, 0.29) is 17.2 Å². The van der Waals surface area contributed by atoms with Crippen LogP contribution in [0.2, 0.25) is 0 Å². The van der Waals surface area contributed by atoms with Crippen LogP contribution in [0.5, 0.6) is 0 Å². The van der Waals surface area contributed by atoms with Gasteiger partial charge in [0.05, 0.1) is 11.2 Å². The van der Waals surface area contributed by atoms with Crippen molar-refractivity contribution in [1.82, 2.24) is 0 Å². The van der Waals surface area contributed by atoms with Crippen molar-refractivity contribution in [3.63, 3.8) is 0 Å². The Labute approximate surface area is 123 Å². The molecule has 2 rings (SSSR count). The van der Waals surface area contributed by atoms with Crippen molar-refractivity contribution < 1.29 is 4.74 Å². The maximum Gasteiger partial charge on any atom is 0.0680 e. The van der Waals surface area contributed by atoms with E-state index in [0.717, 1.165) is 6.42 Å². The second kappa shape index (κ2) is 4.76. The third-order valence-electron chi connectivity index (χ3n) is 3.81. The summed E-state index contributed by atoms with van der Waals surface area (Å²) < 4.78 is 7.37. The van der Waals surface area contributed by atoms with Crippen LogP contribution in [0.1, 0.15) is 45.7 Å². The molecule has 2 nitrogen and oxygen atoms in total. The molecule has 0 spiro atoms. The lowest BCUT2D eigenvalue weighted by Crippen LogP contribution is -2.35. The van der Waals surface area contributed by atoms with Gasteiger partial charge in [0.1, 0.15) is 0 Å². The lowest BCUT2D eigenvalue weighted by molar-refractivity contribution is -0.0767. The van der Waals surface area contributed by atoms with Crippen LogP contribution in [0, 0.1) is 9.49 Å². The van der Waals surface area contributed by atoms with Crippen molar-refractivity contribution in [2.45, 2.75) is 51.4 Å². The molecule has 0 saturated carbocycles. The fourth-order valence-electron chi connectivity index (χ4n) is 3.11. The summed E-state index contributed by atoms with van der Waals surface area (Å²) in [5, 5.41) is 0. The summed E-state index contributed by atoms with van der Waals surface area (Å²) in [5.41, 5.74) is 7.45. The molecule has 1 saturated heterocycles. The van der Waals surface area contributed by atoms with E-state index in [2.05, 4.69) is 74.6 Å². The number of halogens is 1. The van der Waals surface area contributed by atoms with Gasteiger partial charge in [-0.15, -0.1) is 0 Å². The summed E-state index contributed by atoms with van der Waals surface area (Å²) in [6, 6.07) is 8.50. The number of nitrogens with two attached hydrogens (primary N) is 1. The standard InChI is InChI=1S/C15H22INO/c1-14(2)9-12(15(3,4)18-14)13(17)10-6-5-7-11(16)8-10/h5-8,12-13H,9,17H2,1-4H3. The van der Waals surface area contributed by atoms with Crippen molar-refractivity contribution in [2.24, 2.45) is 11.7 Å². The van der Waals surface area contributed by atoms with Gasteiger partial charge in [0.15, 0.2) is 0 Å². The molecule has 100 valence electrons. The molecular formula is C15H22INO. The zero-order chi connectivity index (χ0) is 13.6. The van der Waals surface area contributed by atoms with Gasteiger partial charge in [-0.25, -0.2) is 0 Å². The first-order chi connectivity index (χ1) is 8.21. The molecule has 1 aliphatic heterocycles. The lowest BCUT2D eigenvalue weighted by Gasteiger charge is -2.31. The van der Waals surface area contributed by atoms with E-state index in [1.165, 1.54) is 9.13 Å². The molecule has 1 fully saturated rings. The third-order valence-corrected chi connectivity index (χ3v) is 4.48. The molecule has 1 aromatic carbocycles. The smallest absolute Gasteiger partial charge is 0.0680 e. The van der Waals surface area contributed by atoms with Gasteiger partial charge in [-0.05, 0) is 74.4 Å². The predicted octanol–water partition coefficient (Wildman–Crippen LogP) is 3.88. The molecular weight excluding hydrogens is 337 g/mol. The van der Waals surface area contributed by atoms with Gasteiger partial charge in [-0.2, -0.15) is 0 Å². The SMILES string of the molecule is CC1(C)CC(C(N)c2cccc(I)c2)C(C)(C)O1. The van der Waals surface area contributed by atoms with Crippen LogP contribution in [0.3, 0.4) is 0 Å². The molecule has 18 heavy (non-hydrogen) atoms. The molecule has 0 radical (unpaired) electrons. The number of benzene rings is 1. The minimum Gasteiger partial charge on any atom is -0.369 e. The van der Waals surface area contributed by atoms with Crippen molar-refractivity contribution in [1.29, 1.82) is 0 Å². The number of ether oxygens (including phenoxy) is 1. The Morgan fingerprint density at radius 2 is 2.00 bits per heavy atom. The Kier molecular flexibility index (Phi) is 3.78. The monoisotopic (exact) mass is 359 g/mol. The summed E-state index contributed by atoms with van der Waals surface area (Å²) in [6.45, 7) is 8.60. The number of rotatable bonds is 2. The Balaban J connectivity index is 2.26.